The molecule has 0 aliphatic heterocycles. The van der Waals surface area contributed by atoms with Gasteiger partial charge in [0.25, 0.3) is 5.56 Å². The Morgan fingerprint density at radius 1 is 1.39 bits per heavy atom. The third kappa shape index (κ3) is 2.94. The second-order valence-corrected chi connectivity index (χ2v) is 8.15. The zero-order valence-corrected chi connectivity index (χ0v) is 17.2. The first-order chi connectivity index (χ1) is 15.0. The number of thiazole rings is 1. The number of nitrogens with zero attached hydrogens (tertiary/aromatic N) is 5. The van der Waals surface area contributed by atoms with E-state index in [2.05, 4.69) is 20.3 Å². The van der Waals surface area contributed by atoms with E-state index in [1.165, 1.54) is 22.1 Å². The van der Waals surface area contributed by atoms with Crippen molar-refractivity contribution in [1.29, 1.82) is 5.41 Å². The summed E-state index contributed by atoms with van der Waals surface area (Å²) in [5, 5.41) is 30.9. The lowest BCUT2D eigenvalue weighted by atomic mass is 10.1. The Morgan fingerprint density at radius 3 is 3.03 bits per heavy atom. The summed E-state index contributed by atoms with van der Waals surface area (Å²) in [5.74, 6) is 0. The van der Waals surface area contributed by atoms with Crippen LogP contribution >= 0.6 is 11.3 Å². The lowest BCUT2D eigenvalue weighted by Gasteiger charge is -2.08. The number of nitrogens with two attached hydrogens (primary N) is 1. The first-order valence-electron chi connectivity index (χ1n) is 9.39. The van der Waals surface area contributed by atoms with Crippen molar-refractivity contribution in [2.45, 2.75) is 12.6 Å². The molecule has 0 aliphatic rings. The summed E-state index contributed by atoms with van der Waals surface area (Å²) >= 11 is 1.25. The van der Waals surface area contributed by atoms with Gasteiger partial charge in [0, 0.05) is 29.7 Å². The molecule has 1 atom stereocenters. The van der Waals surface area contributed by atoms with Crippen LogP contribution in [0.2, 0.25) is 0 Å². The molecule has 5 rings (SSSR count). The van der Waals surface area contributed by atoms with E-state index in [0.29, 0.717) is 28.1 Å². The minimum absolute atomic E-state index is 0.132. The molecule has 31 heavy (non-hydrogen) atoms. The van der Waals surface area contributed by atoms with Gasteiger partial charge in [-0.1, -0.05) is 12.1 Å². The molecule has 4 aromatic heterocycles. The highest BCUT2D eigenvalue weighted by Gasteiger charge is 2.22. The zero-order valence-electron chi connectivity index (χ0n) is 16.4. The summed E-state index contributed by atoms with van der Waals surface area (Å²) in [5.41, 5.74) is 8.61. The maximum absolute atomic E-state index is 13.2. The minimum Gasteiger partial charge on any atom is -0.400 e. The van der Waals surface area contributed by atoms with Crippen LogP contribution in [0.3, 0.4) is 0 Å². The molecule has 10 nitrogen and oxygen atoms in total. The number of aliphatic hydroxyl groups excluding tert-OH is 1. The average Bonchev–Trinajstić information content (AvgIpc) is 3.46. The monoisotopic (exact) mass is 434 g/mol. The highest BCUT2D eigenvalue weighted by Crippen LogP contribution is 2.34. The number of allylic oxidation sites excluding steroid dienone is 1. The van der Waals surface area contributed by atoms with Crippen molar-refractivity contribution in [2.75, 3.05) is 0 Å². The molecule has 0 bridgehead atoms. The molecule has 0 aliphatic carbocycles. The van der Waals surface area contributed by atoms with Crippen LogP contribution in [-0.2, 0) is 13.6 Å². The molecule has 0 amide bonds. The van der Waals surface area contributed by atoms with Crippen LogP contribution in [-0.4, -0.2) is 40.9 Å². The Bertz CT molecular complexity index is 1550. The van der Waals surface area contributed by atoms with Gasteiger partial charge in [-0.25, -0.2) is 9.67 Å². The summed E-state index contributed by atoms with van der Waals surface area (Å²) in [4.78, 5) is 17.7. The molecule has 0 saturated carbocycles. The Morgan fingerprint density at radius 2 is 2.23 bits per heavy atom. The van der Waals surface area contributed by atoms with Gasteiger partial charge in [-0.15, -0.1) is 11.3 Å². The number of benzene rings is 1. The van der Waals surface area contributed by atoms with Crippen LogP contribution < -0.4 is 11.3 Å². The van der Waals surface area contributed by atoms with Crippen molar-refractivity contribution in [3.63, 3.8) is 0 Å². The molecule has 5 N–H and O–H groups in total. The molecule has 1 unspecified atom stereocenters. The standard InChI is InChI=1S/C20H18N8O2S/c1-27-15-12(17-18(27)25-19(31-17)16(29)13(22)5-6-21)8-24-28(20(15)30)9-10-3-2-4-14-11(10)7-23-26-14/h2-8,16,21,29H,9,22H2,1H3,(H,23,26). The predicted molar refractivity (Wildman–Crippen MR) is 119 cm³/mol. The van der Waals surface area contributed by atoms with Crippen molar-refractivity contribution < 1.29 is 5.11 Å². The Labute approximate surface area is 178 Å². The van der Waals surface area contributed by atoms with Gasteiger partial charge in [0.2, 0.25) is 0 Å². The van der Waals surface area contributed by atoms with E-state index < -0.39 is 6.10 Å². The van der Waals surface area contributed by atoms with Gasteiger partial charge in [-0.3, -0.25) is 9.89 Å². The molecule has 11 heteroatoms. The number of aryl methyl sites for hydroxylation is 1. The molecular weight excluding hydrogens is 416 g/mol. The summed E-state index contributed by atoms with van der Waals surface area (Å²) in [6.07, 6.45) is 4.60. The van der Waals surface area contributed by atoms with E-state index in [1.807, 2.05) is 18.2 Å². The molecule has 156 valence electrons. The molecule has 0 spiro atoms. The quantitative estimate of drug-likeness (QED) is 0.310. The number of aromatic nitrogens is 6. The van der Waals surface area contributed by atoms with Gasteiger partial charge >= 0.3 is 0 Å². The predicted octanol–water partition coefficient (Wildman–Crippen LogP) is 1.79. The van der Waals surface area contributed by atoms with Crippen LogP contribution in [0.4, 0.5) is 0 Å². The fourth-order valence-corrected chi connectivity index (χ4v) is 4.82. The summed E-state index contributed by atoms with van der Waals surface area (Å²) in [6.45, 7) is 0.312. The van der Waals surface area contributed by atoms with E-state index in [4.69, 9.17) is 11.1 Å². The van der Waals surface area contributed by atoms with E-state index in [0.717, 1.165) is 27.4 Å². The SMILES string of the molecule is Cn1c2nc(C(O)C(N)=CC=N)sc2c2cnn(Cc3cccc4[nH]ncc34)c(=O)c21. The smallest absolute Gasteiger partial charge is 0.291 e. The Hall–Kier alpha value is -3.83. The zero-order chi connectivity index (χ0) is 21.7. The van der Waals surface area contributed by atoms with E-state index >= 15 is 0 Å². The van der Waals surface area contributed by atoms with E-state index in [9.17, 15) is 9.90 Å². The Kier molecular flexibility index (Phi) is 4.41. The number of nitrogens with one attached hydrogen (secondary N) is 2. The van der Waals surface area contributed by atoms with Crippen molar-refractivity contribution in [3.8, 4) is 0 Å². The topological polar surface area (TPSA) is 151 Å². The molecule has 0 radical (unpaired) electrons. The second-order valence-electron chi connectivity index (χ2n) is 7.12. The van der Waals surface area contributed by atoms with Crippen molar-refractivity contribution in [3.05, 3.63) is 63.3 Å². The molecule has 0 saturated heterocycles. The van der Waals surface area contributed by atoms with Crippen LogP contribution in [0.25, 0.3) is 32.2 Å². The van der Waals surface area contributed by atoms with Crippen molar-refractivity contribution in [2.24, 2.45) is 12.8 Å². The van der Waals surface area contributed by atoms with Crippen molar-refractivity contribution in [1.82, 2.24) is 29.5 Å². The van der Waals surface area contributed by atoms with Crippen molar-refractivity contribution >= 4 is 49.7 Å². The number of H-pyrrole nitrogens is 1. The van der Waals surface area contributed by atoms with Gasteiger partial charge in [0.1, 0.15) is 16.6 Å². The van der Waals surface area contributed by atoms with Gasteiger partial charge in [-0.2, -0.15) is 10.2 Å². The molecule has 4 heterocycles. The van der Waals surface area contributed by atoms with Gasteiger partial charge in [0.15, 0.2) is 5.65 Å². The maximum atomic E-state index is 13.2. The van der Waals surface area contributed by atoms with Gasteiger partial charge in [-0.05, 0) is 17.7 Å². The Balaban J connectivity index is 1.61. The maximum Gasteiger partial charge on any atom is 0.291 e. The van der Waals surface area contributed by atoms with E-state index in [1.54, 1.807) is 24.0 Å². The summed E-state index contributed by atoms with van der Waals surface area (Å²) in [6, 6.07) is 5.78. The van der Waals surface area contributed by atoms with E-state index in [-0.39, 0.29) is 11.3 Å². The summed E-state index contributed by atoms with van der Waals surface area (Å²) in [7, 11) is 1.76. The minimum atomic E-state index is -1.11. The van der Waals surface area contributed by atoms with Crippen LogP contribution in [0.5, 0.6) is 0 Å². The third-order valence-corrected chi connectivity index (χ3v) is 6.39. The second kappa shape index (κ2) is 7.15. The third-order valence-electron chi connectivity index (χ3n) is 5.26. The van der Waals surface area contributed by atoms with Crippen LogP contribution in [0.1, 0.15) is 16.7 Å². The number of fused-ring (bicyclic) bond motifs is 4. The lowest BCUT2D eigenvalue weighted by molar-refractivity contribution is 0.214. The fraction of sp³-hybridized carbons (Fsp3) is 0.150. The number of hydrogen-bond acceptors (Lipinski definition) is 8. The van der Waals surface area contributed by atoms with Crippen LogP contribution in [0, 0.1) is 5.41 Å². The highest BCUT2D eigenvalue weighted by atomic mass is 32.1. The molecule has 0 fully saturated rings. The number of rotatable bonds is 5. The normalized spacial score (nSPS) is 13.4. The fourth-order valence-electron chi connectivity index (χ4n) is 3.69. The van der Waals surface area contributed by atoms with Gasteiger partial charge in [0.05, 0.1) is 29.2 Å². The summed E-state index contributed by atoms with van der Waals surface area (Å²) < 4.78 is 3.89. The number of hydrogen-bond donors (Lipinski definition) is 4. The lowest BCUT2D eigenvalue weighted by Crippen LogP contribution is -2.24. The average molecular weight is 434 g/mol. The first kappa shape index (κ1) is 19.2. The highest BCUT2D eigenvalue weighted by molar-refractivity contribution is 7.19. The molecule has 5 aromatic rings. The number of aliphatic hydroxyl groups is 1. The number of aromatic amines is 1. The molecular formula is C20H18N8O2S. The van der Waals surface area contributed by atoms with Crippen LogP contribution in [0.15, 0.2) is 47.2 Å². The largest absolute Gasteiger partial charge is 0.400 e. The molecule has 1 aromatic carbocycles. The van der Waals surface area contributed by atoms with Gasteiger partial charge < -0.3 is 20.8 Å². The first-order valence-corrected chi connectivity index (χ1v) is 10.2.